The second-order valence-corrected chi connectivity index (χ2v) is 5.22. The second-order valence-electron chi connectivity index (χ2n) is 3.30. The maximum Gasteiger partial charge on any atom is 0.441 e. The predicted octanol–water partition coefficient (Wildman–Crippen LogP) is -2.24. The molecule has 0 saturated carbocycles. The molecule has 14 heavy (non-hydrogen) atoms. The number of likely N-dealkylation sites (N-methyl/N-ethyl adjacent to an activating group) is 1. The zero-order valence-electron chi connectivity index (χ0n) is 8.35. The molecule has 0 aromatic carbocycles. The fourth-order valence-electron chi connectivity index (χ4n) is 1.29. The summed E-state index contributed by atoms with van der Waals surface area (Å²) < 4.78 is 29.3. The first kappa shape index (κ1) is 11.9. The molecule has 0 aromatic heterocycles. The standard InChI is InChI=1S/C6H16BN3O3S/c1-9-2-4-10(5-3-9)14(11,12)7-13-6-8/h7H,2-6,8H2,1H3. The maximum absolute atomic E-state index is 11.6. The molecule has 0 amide bonds. The van der Waals surface area contributed by atoms with Crippen LogP contribution in [0.4, 0.5) is 0 Å². The Labute approximate surface area is 85.2 Å². The first-order valence-electron chi connectivity index (χ1n) is 4.50. The third kappa shape index (κ3) is 3.21. The second kappa shape index (κ2) is 5.08. The normalized spacial score (nSPS) is 21.0. The molecule has 1 heterocycles. The lowest BCUT2D eigenvalue weighted by atomic mass is 10.4. The van der Waals surface area contributed by atoms with Gasteiger partial charge in [0.2, 0.25) is 0 Å². The van der Waals surface area contributed by atoms with E-state index < -0.39 is 9.87 Å². The van der Waals surface area contributed by atoms with E-state index >= 15 is 0 Å². The largest absolute Gasteiger partial charge is 0.441 e. The van der Waals surface area contributed by atoms with Gasteiger partial charge in [-0.05, 0) is 7.05 Å². The fraction of sp³-hybridized carbons (Fsp3) is 1.00. The molecule has 8 heteroatoms. The molecule has 82 valence electrons. The summed E-state index contributed by atoms with van der Waals surface area (Å²) in [7, 11) is -1.29. The van der Waals surface area contributed by atoms with Crippen LogP contribution >= 0.6 is 0 Å². The molecule has 1 aliphatic heterocycles. The number of hydrogen-bond acceptors (Lipinski definition) is 5. The van der Waals surface area contributed by atoms with Gasteiger partial charge in [0.05, 0.1) is 6.73 Å². The predicted molar refractivity (Wildman–Crippen MR) is 55.3 cm³/mol. The van der Waals surface area contributed by atoms with Crippen molar-refractivity contribution >= 4 is 16.6 Å². The van der Waals surface area contributed by atoms with Gasteiger partial charge in [-0.3, -0.25) is 0 Å². The van der Waals surface area contributed by atoms with E-state index in [0.717, 1.165) is 13.1 Å². The van der Waals surface area contributed by atoms with Gasteiger partial charge in [-0.25, -0.2) is 12.7 Å². The highest BCUT2D eigenvalue weighted by molar-refractivity contribution is 8.12. The molecule has 6 nitrogen and oxygen atoms in total. The molecule has 1 aliphatic rings. The molecule has 0 spiro atoms. The number of rotatable bonds is 4. The molecular weight excluding hydrogens is 205 g/mol. The van der Waals surface area contributed by atoms with Crippen molar-refractivity contribution < 1.29 is 13.1 Å². The summed E-state index contributed by atoms with van der Waals surface area (Å²) in [5.41, 5.74) is 5.07. The van der Waals surface area contributed by atoms with E-state index in [4.69, 9.17) is 10.4 Å². The van der Waals surface area contributed by atoms with Crippen LogP contribution in [-0.2, 0) is 14.5 Å². The molecule has 0 aromatic rings. The quantitative estimate of drug-likeness (QED) is 0.429. The van der Waals surface area contributed by atoms with Crippen molar-refractivity contribution in [3.05, 3.63) is 0 Å². The van der Waals surface area contributed by atoms with E-state index in [1.807, 2.05) is 7.05 Å². The van der Waals surface area contributed by atoms with Gasteiger partial charge in [0.15, 0.2) is 9.87 Å². The van der Waals surface area contributed by atoms with Gasteiger partial charge in [0.25, 0.3) is 0 Å². The maximum atomic E-state index is 11.6. The lowest BCUT2D eigenvalue weighted by molar-refractivity contribution is 0.223. The Kier molecular flexibility index (Phi) is 4.33. The molecule has 0 radical (unpaired) electrons. The molecule has 0 atom stereocenters. The number of hydrogen-bond donors (Lipinski definition) is 1. The fourth-order valence-corrected chi connectivity index (χ4v) is 2.47. The first-order chi connectivity index (χ1) is 6.56. The topological polar surface area (TPSA) is 75.9 Å². The van der Waals surface area contributed by atoms with Gasteiger partial charge in [0, 0.05) is 26.2 Å². The van der Waals surface area contributed by atoms with Crippen LogP contribution in [0.3, 0.4) is 0 Å². The Balaban J connectivity index is 2.47. The van der Waals surface area contributed by atoms with Crippen molar-refractivity contribution in [1.82, 2.24) is 9.21 Å². The highest BCUT2D eigenvalue weighted by Crippen LogP contribution is 2.05. The summed E-state index contributed by atoms with van der Waals surface area (Å²) in [5.74, 6) is 0. The Bertz CT molecular complexity index is 263. The van der Waals surface area contributed by atoms with Gasteiger partial charge in [-0.15, -0.1) is 0 Å². The minimum atomic E-state index is -3.26. The molecular formula is C6H16BN3O3S. The SMILES string of the molecule is CN1CCN(S(=O)(=O)BOCN)CC1. The average Bonchev–Trinajstić information content (AvgIpc) is 2.16. The van der Waals surface area contributed by atoms with Crippen LogP contribution in [0.15, 0.2) is 0 Å². The van der Waals surface area contributed by atoms with Crippen LogP contribution in [0.1, 0.15) is 0 Å². The number of nitrogens with zero attached hydrogens (tertiary/aromatic N) is 2. The Morgan fingerprint density at radius 2 is 1.93 bits per heavy atom. The van der Waals surface area contributed by atoms with Gasteiger partial charge in [-0.1, -0.05) is 0 Å². The lowest BCUT2D eigenvalue weighted by Crippen LogP contribution is -2.48. The van der Waals surface area contributed by atoms with E-state index in [-0.39, 0.29) is 13.5 Å². The van der Waals surface area contributed by atoms with E-state index in [1.165, 1.54) is 4.31 Å². The summed E-state index contributed by atoms with van der Waals surface area (Å²) in [5, 5.41) is 0. The minimum absolute atomic E-state index is 0.0625. The summed E-state index contributed by atoms with van der Waals surface area (Å²) in [6.45, 7) is 2.23. The van der Waals surface area contributed by atoms with E-state index in [0.29, 0.717) is 13.1 Å². The Morgan fingerprint density at radius 1 is 1.36 bits per heavy atom. The summed E-state index contributed by atoms with van der Waals surface area (Å²) in [6, 6.07) is 0. The van der Waals surface area contributed by atoms with Crippen LogP contribution in [0, 0.1) is 0 Å². The van der Waals surface area contributed by atoms with E-state index in [1.54, 1.807) is 0 Å². The van der Waals surface area contributed by atoms with Gasteiger partial charge < -0.3 is 15.3 Å². The van der Waals surface area contributed by atoms with Crippen molar-refractivity contribution in [2.75, 3.05) is 40.0 Å². The van der Waals surface area contributed by atoms with Crippen molar-refractivity contribution in [2.24, 2.45) is 5.73 Å². The molecule has 1 saturated heterocycles. The summed E-state index contributed by atoms with van der Waals surface area (Å²) >= 11 is 0. The molecule has 0 bridgehead atoms. The number of nitrogens with two attached hydrogens (primary N) is 1. The summed E-state index contributed by atoms with van der Waals surface area (Å²) in [6.07, 6.45) is 0. The van der Waals surface area contributed by atoms with Crippen LogP contribution in [0.5, 0.6) is 0 Å². The zero-order valence-corrected chi connectivity index (χ0v) is 9.16. The van der Waals surface area contributed by atoms with Crippen LogP contribution in [0.25, 0.3) is 0 Å². The van der Waals surface area contributed by atoms with Crippen LogP contribution < -0.4 is 5.73 Å². The van der Waals surface area contributed by atoms with Gasteiger partial charge in [0.1, 0.15) is 0 Å². The molecule has 1 rings (SSSR count). The Morgan fingerprint density at radius 3 is 2.43 bits per heavy atom. The third-order valence-corrected chi connectivity index (χ3v) is 3.82. The Hall–Kier alpha value is -0.145. The van der Waals surface area contributed by atoms with E-state index in [2.05, 4.69) is 4.90 Å². The monoisotopic (exact) mass is 221 g/mol. The van der Waals surface area contributed by atoms with Crippen LogP contribution in [-0.4, -0.2) is 64.3 Å². The third-order valence-electron chi connectivity index (χ3n) is 2.21. The summed E-state index contributed by atoms with van der Waals surface area (Å²) in [4.78, 5) is 2.09. The van der Waals surface area contributed by atoms with E-state index in [9.17, 15) is 8.42 Å². The first-order valence-corrected chi connectivity index (χ1v) is 6.11. The molecule has 2 N–H and O–H groups in total. The average molecular weight is 221 g/mol. The van der Waals surface area contributed by atoms with Crippen molar-refractivity contribution in [2.45, 2.75) is 0 Å². The van der Waals surface area contributed by atoms with Crippen molar-refractivity contribution in [3.63, 3.8) is 0 Å². The van der Waals surface area contributed by atoms with Gasteiger partial charge >= 0.3 is 6.76 Å². The molecule has 0 aliphatic carbocycles. The number of piperazine rings is 1. The molecule has 1 fully saturated rings. The lowest BCUT2D eigenvalue weighted by Gasteiger charge is -2.31. The van der Waals surface area contributed by atoms with Crippen molar-refractivity contribution in [1.29, 1.82) is 0 Å². The van der Waals surface area contributed by atoms with Crippen molar-refractivity contribution in [3.8, 4) is 0 Å². The smallest absolute Gasteiger partial charge is 0.411 e. The van der Waals surface area contributed by atoms with Gasteiger partial charge in [-0.2, -0.15) is 0 Å². The zero-order chi connectivity index (χ0) is 10.6. The highest BCUT2D eigenvalue weighted by Gasteiger charge is 2.26. The highest BCUT2D eigenvalue weighted by atomic mass is 32.2. The minimum Gasteiger partial charge on any atom is -0.411 e. The van der Waals surface area contributed by atoms with Crippen LogP contribution in [0.2, 0.25) is 0 Å². The molecule has 0 unspecified atom stereocenters.